The Bertz CT molecular complexity index is 582. The lowest BCUT2D eigenvalue weighted by Crippen LogP contribution is -2.36. The van der Waals surface area contributed by atoms with Gasteiger partial charge in [0.2, 0.25) is 5.91 Å². The number of carbonyl (C=O) groups excluding carboxylic acids is 1. The Morgan fingerprint density at radius 3 is 2.76 bits per heavy atom. The molecule has 1 amide bonds. The summed E-state index contributed by atoms with van der Waals surface area (Å²) in [6, 6.07) is 6.94. The second kappa shape index (κ2) is 7.11. The number of furan rings is 1. The summed E-state index contributed by atoms with van der Waals surface area (Å²) in [5, 5.41) is 12.9. The van der Waals surface area contributed by atoms with E-state index in [1.807, 2.05) is 19.9 Å². The van der Waals surface area contributed by atoms with Crippen LogP contribution in [0.1, 0.15) is 42.9 Å². The number of aliphatic hydroxyl groups is 1. The zero-order valence-corrected chi connectivity index (χ0v) is 13.4. The third kappa shape index (κ3) is 4.33. The Labute approximate surface area is 132 Å². The molecule has 0 aliphatic rings. The number of rotatable bonds is 6. The zero-order valence-electron chi connectivity index (χ0n) is 11.9. The van der Waals surface area contributed by atoms with Crippen LogP contribution in [0.15, 0.2) is 34.9 Å². The van der Waals surface area contributed by atoms with E-state index in [0.29, 0.717) is 16.5 Å². The van der Waals surface area contributed by atoms with E-state index in [0.717, 1.165) is 4.88 Å². The van der Waals surface area contributed by atoms with Crippen molar-refractivity contribution in [1.82, 2.24) is 5.32 Å². The maximum absolute atomic E-state index is 12.2. The predicted molar refractivity (Wildman–Crippen MR) is 83.6 cm³/mol. The number of carbonyl (C=O) groups is 1. The first-order valence-electron chi connectivity index (χ1n) is 6.74. The first kappa shape index (κ1) is 16.1. The molecule has 0 spiro atoms. The van der Waals surface area contributed by atoms with Crippen molar-refractivity contribution < 1.29 is 14.3 Å². The molecular weight excluding hydrogens is 310 g/mol. The third-order valence-corrected chi connectivity index (χ3v) is 4.66. The van der Waals surface area contributed by atoms with Gasteiger partial charge >= 0.3 is 0 Å². The van der Waals surface area contributed by atoms with Crippen molar-refractivity contribution in [3.05, 3.63) is 45.5 Å². The van der Waals surface area contributed by atoms with Gasteiger partial charge in [-0.1, -0.05) is 11.6 Å². The molecule has 0 bridgehead atoms. The second-order valence-electron chi connectivity index (χ2n) is 5.04. The molecule has 2 aromatic heterocycles. The smallest absolute Gasteiger partial charge is 0.228 e. The predicted octanol–water partition coefficient (Wildman–Crippen LogP) is 3.73. The van der Waals surface area contributed by atoms with Gasteiger partial charge in [-0.3, -0.25) is 4.79 Å². The molecule has 0 aromatic carbocycles. The number of amides is 1. The number of aliphatic hydroxyl groups excluding tert-OH is 1. The van der Waals surface area contributed by atoms with Gasteiger partial charge in [-0.05, 0) is 38.1 Å². The molecule has 4 nitrogen and oxygen atoms in total. The van der Waals surface area contributed by atoms with Crippen LogP contribution in [0, 0.1) is 0 Å². The minimum atomic E-state index is -0.721. The van der Waals surface area contributed by atoms with Crippen LogP contribution in [0.25, 0.3) is 0 Å². The van der Waals surface area contributed by atoms with E-state index in [2.05, 4.69) is 5.32 Å². The van der Waals surface area contributed by atoms with Gasteiger partial charge in [0.05, 0.1) is 16.5 Å². The number of hydrogen-bond donors (Lipinski definition) is 2. The highest BCUT2D eigenvalue weighted by Crippen LogP contribution is 2.28. The number of thiophene rings is 1. The summed E-state index contributed by atoms with van der Waals surface area (Å²) in [5.74, 6) is 0.174. The molecule has 114 valence electrons. The minimum absolute atomic E-state index is 0.0762. The summed E-state index contributed by atoms with van der Waals surface area (Å²) in [6.07, 6.45) is 1.20. The Kier molecular flexibility index (Phi) is 5.45. The lowest BCUT2D eigenvalue weighted by Gasteiger charge is -2.19. The van der Waals surface area contributed by atoms with Crippen molar-refractivity contribution in [3.8, 4) is 0 Å². The van der Waals surface area contributed by atoms with Gasteiger partial charge in [-0.25, -0.2) is 0 Å². The number of nitrogens with one attached hydrogen (secondary N) is 1. The summed E-state index contributed by atoms with van der Waals surface area (Å²) >= 11 is 7.29. The van der Waals surface area contributed by atoms with E-state index in [1.54, 1.807) is 18.2 Å². The van der Waals surface area contributed by atoms with E-state index in [-0.39, 0.29) is 17.9 Å². The van der Waals surface area contributed by atoms with Crippen LogP contribution in [0.5, 0.6) is 0 Å². The van der Waals surface area contributed by atoms with E-state index in [9.17, 15) is 9.90 Å². The Hall–Kier alpha value is -1.30. The molecule has 2 aromatic rings. The lowest BCUT2D eigenvalue weighted by molar-refractivity contribution is -0.122. The molecule has 6 heteroatoms. The summed E-state index contributed by atoms with van der Waals surface area (Å²) < 4.78 is 5.82. The minimum Gasteiger partial charge on any atom is -0.467 e. The molecule has 0 fully saturated rings. The molecular formula is C15H18ClNO3S. The third-order valence-electron chi connectivity index (χ3n) is 3.25. The van der Waals surface area contributed by atoms with Gasteiger partial charge in [0, 0.05) is 17.3 Å². The fraction of sp³-hybridized carbons (Fsp3) is 0.400. The van der Waals surface area contributed by atoms with Gasteiger partial charge in [-0.15, -0.1) is 11.3 Å². The van der Waals surface area contributed by atoms with Crippen molar-refractivity contribution in [2.24, 2.45) is 0 Å². The molecule has 0 aliphatic carbocycles. The molecule has 2 N–H and O–H groups in total. The Morgan fingerprint density at radius 2 is 2.19 bits per heavy atom. The molecule has 21 heavy (non-hydrogen) atoms. The number of hydrogen-bond acceptors (Lipinski definition) is 4. The molecule has 0 saturated heterocycles. The molecule has 0 aliphatic heterocycles. The van der Waals surface area contributed by atoms with Gasteiger partial charge < -0.3 is 14.8 Å². The highest BCUT2D eigenvalue weighted by Gasteiger charge is 2.21. The molecule has 2 rings (SSSR count). The quantitative estimate of drug-likeness (QED) is 0.849. The zero-order chi connectivity index (χ0) is 15.4. The molecule has 3 unspecified atom stereocenters. The van der Waals surface area contributed by atoms with E-state index >= 15 is 0 Å². The van der Waals surface area contributed by atoms with Gasteiger partial charge in [-0.2, -0.15) is 0 Å². The van der Waals surface area contributed by atoms with Crippen molar-refractivity contribution in [1.29, 1.82) is 0 Å². The average Bonchev–Trinajstić information content (AvgIpc) is 3.08. The Balaban J connectivity index is 1.87. The van der Waals surface area contributed by atoms with Crippen LogP contribution in [0.2, 0.25) is 4.34 Å². The van der Waals surface area contributed by atoms with Crippen molar-refractivity contribution >= 4 is 28.8 Å². The van der Waals surface area contributed by atoms with Crippen LogP contribution >= 0.6 is 22.9 Å². The summed E-state index contributed by atoms with van der Waals surface area (Å²) in [7, 11) is 0. The van der Waals surface area contributed by atoms with Gasteiger partial charge in [0.15, 0.2) is 0 Å². The van der Waals surface area contributed by atoms with Crippen LogP contribution in [-0.4, -0.2) is 17.1 Å². The summed E-state index contributed by atoms with van der Waals surface area (Å²) in [4.78, 5) is 13.1. The van der Waals surface area contributed by atoms with Crippen LogP contribution < -0.4 is 5.32 Å². The highest BCUT2D eigenvalue weighted by atomic mass is 35.5. The average molecular weight is 328 g/mol. The first-order valence-corrected chi connectivity index (χ1v) is 7.94. The highest BCUT2D eigenvalue weighted by molar-refractivity contribution is 7.16. The largest absolute Gasteiger partial charge is 0.467 e. The fourth-order valence-electron chi connectivity index (χ4n) is 2.05. The normalized spacial score (nSPS) is 15.4. The topological polar surface area (TPSA) is 62.5 Å². The van der Waals surface area contributed by atoms with Gasteiger partial charge in [0.1, 0.15) is 11.9 Å². The standard InChI is InChI=1S/C15H18ClNO3S/c1-9(8-11(18)12-4-3-7-20-12)17-15(19)10(2)13-5-6-14(16)21-13/h3-7,9-11,18H,8H2,1-2H3,(H,17,19). The van der Waals surface area contributed by atoms with Crippen LogP contribution in [0.3, 0.4) is 0 Å². The summed E-state index contributed by atoms with van der Waals surface area (Å²) in [5.41, 5.74) is 0. The molecule has 0 saturated carbocycles. The maximum atomic E-state index is 12.2. The van der Waals surface area contributed by atoms with E-state index < -0.39 is 6.10 Å². The monoisotopic (exact) mass is 327 g/mol. The van der Waals surface area contributed by atoms with Crippen LogP contribution in [0.4, 0.5) is 0 Å². The lowest BCUT2D eigenvalue weighted by atomic mass is 10.1. The molecule has 0 radical (unpaired) electrons. The van der Waals surface area contributed by atoms with Gasteiger partial charge in [0.25, 0.3) is 0 Å². The van der Waals surface area contributed by atoms with Crippen molar-refractivity contribution in [3.63, 3.8) is 0 Å². The first-order chi connectivity index (χ1) is 9.97. The summed E-state index contributed by atoms with van der Waals surface area (Å²) in [6.45, 7) is 3.70. The second-order valence-corrected chi connectivity index (χ2v) is 6.79. The maximum Gasteiger partial charge on any atom is 0.228 e. The molecule has 3 atom stereocenters. The van der Waals surface area contributed by atoms with Crippen molar-refractivity contribution in [2.45, 2.75) is 38.3 Å². The SMILES string of the molecule is CC(CC(O)c1ccco1)NC(=O)C(C)c1ccc(Cl)s1. The van der Waals surface area contributed by atoms with Crippen molar-refractivity contribution in [2.75, 3.05) is 0 Å². The van der Waals surface area contributed by atoms with E-state index in [4.69, 9.17) is 16.0 Å². The Morgan fingerprint density at radius 1 is 1.43 bits per heavy atom. The number of halogens is 1. The van der Waals surface area contributed by atoms with Crippen LogP contribution in [-0.2, 0) is 4.79 Å². The van der Waals surface area contributed by atoms with E-state index in [1.165, 1.54) is 17.6 Å². The molecule has 2 heterocycles. The fourth-order valence-corrected chi connectivity index (χ4v) is 3.16.